The second-order valence-electron chi connectivity index (χ2n) is 9.77. The summed E-state index contributed by atoms with van der Waals surface area (Å²) in [5.41, 5.74) is 3.57. The number of hydrogen-bond donors (Lipinski definition) is 3. The zero-order chi connectivity index (χ0) is 28.7. The lowest BCUT2D eigenvalue weighted by Gasteiger charge is -2.28. The van der Waals surface area contributed by atoms with Crippen molar-refractivity contribution in [1.82, 2.24) is 15.6 Å². The summed E-state index contributed by atoms with van der Waals surface area (Å²) in [6.45, 7) is 0.188. The quantitative estimate of drug-likeness (QED) is 0.210. The fourth-order valence-corrected chi connectivity index (χ4v) is 4.46. The number of nitrogens with zero attached hydrogens (tertiary/aromatic N) is 1. The summed E-state index contributed by atoms with van der Waals surface area (Å²) in [6, 6.07) is 31.1. The number of carbonyl (C=O) groups excluding carboxylic acids is 2. The highest BCUT2D eigenvalue weighted by Gasteiger charge is 2.27. The lowest BCUT2D eigenvalue weighted by Crippen LogP contribution is -2.48. The van der Waals surface area contributed by atoms with Gasteiger partial charge in [-0.25, -0.2) is 9.59 Å². The molecule has 0 spiro atoms. The Morgan fingerprint density at radius 1 is 0.659 bits per heavy atom. The van der Waals surface area contributed by atoms with Crippen molar-refractivity contribution < 1.29 is 24.2 Å². The normalized spacial score (nSPS) is 12.9. The zero-order valence-corrected chi connectivity index (χ0v) is 22.8. The topological polar surface area (TPSA) is 110 Å². The summed E-state index contributed by atoms with van der Waals surface area (Å²) in [4.78, 5) is 29.5. The lowest BCUT2D eigenvalue weighted by molar-refractivity contribution is 0.0861. The average Bonchev–Trinajstić information content (AvgIpc) is 3.01. The van der Waals surface area contributed by atoms with Crippen molar-refractivity contribution in [2.24, 2.45) is 0 Å². The van der Waals surface area contributed by atoms with E-state index in [0.29, 0.717) is 12.8 Å². The first kappa shape index (κ1) is 29.3. The van der Waals surface area contributed by atoms with Gasteiger partial charge in [0.05, 0.1) is 12.1 Å². The lowest BCUT2D eigenvalue weighted by atomic mass is 9.94. The molecule has 1 heterocycles. The third-order valence-electron chi connectivity index (χ3n) is 6.54. The van der Waals surface area contributed by atoms with Gasteiger partial charge in [-0.3, -0.25) is 4.98 Å². The van der Waals surface area contributed by atoms with E-state index in [4.69, 9.17) is 9.47 Å². The first-order valence-corrected chi connectivity index (χ1v) is 13.6. The van der Waals surface area contributed by atoms with Crippen LogP contribution in [0.4, 0.5) is 9.59 Å². The van der Waals surface area contributed by atoms with Gasteiger partial charge in [-0.2, -0.15) is 0 Å². The molecule has 0 saturated heterocycles. The van der Waals surface area contributed by atoms with Gasteiger partial charge in [0.25, 0.3) is 0 Å². The SMILES string of the molecule is O=C(N[C@@H](Cc1ccccc1)C[C@H](O)[C@H](Cc1ccccc1)NC(=O)OCc1ccccc1)OCc1cccnc1. The highest BCUT2D eigenvalue weighted by Crippen LogP contribution is 2.15. The van der Waals surface area contributed by atoms with Crippen LogP contribution in [0.3, 0.4) is 0 Å². The van der Waals surface area contributed by atoms with E-state index in [1.807, 2.05) is 97.1 Å². The van der Waals surface area contributed by atoms with Crippen LogP contribution in [0.25, 0.3) is 0 Å². The summed E-state index contributed by atoms with van der Waals surface area (Å²) in [5.74, 6) is 0. The maximum absolute atomic E-state index is 12.8. The Labute approximate surface area is 240 Å². The summed E-state index contributed by atoms with van der Waals surface area (Å²) in [5, 5.41) is 17.1. The number of aliphatic hydroxyl groups excluding tert-OH is 1. The van der Waals surface area contributed by atoms with Gasteiger partial charge in [0, 0.05) is 24.0 Å². The molecule has 0 radical (unpaired) electrons. The Balaban J connectivity index is 1.43. The minimum absolute atomic E-state index is 0.0751. The fraction of sp³-hybridized carbons (Fsp3) is 0.242. The second kappa shape index (κ2) is 15.8. The van der Waals surface area contributed by atoms with Gasteiger partial charge in [0.1, 0.15) is 13.2 Å². The molecular weight excluding hydrogens is 518 g/mol. The molecule has 0 unspecified atom stereocenters. The highest BCUT2D eigenvalue weighted by molar-refractivity contribution is 5.68. The van der Waals surface area contributed by atoms with Crippen LogP contribution in [0, 0.1) is 0 Å². The Morgan fingerprint density at radius 2 is 1.17 bits per heavy atom. The standard InChI is InChI=1S/C33H35N3O5/c37-31(30(20-26-13-6-2-7-14-26)36-33(39)40-23-27-15-8-3-9-16-27)21-29(19-25-11-4-1-5-12-25)35-32(38)41-24-28-17-10-18-34-22-28/h1-18,22,29-31,37H,19-21,23-24H2,(H,35,38)(H,36,39)/t29-,30-,31-/m0/s1. The third kappa shape index (κ3) is 10.4. The molecule has 3 aromatic carbocycles. The van der Waals surface area contributed by atoms with Crippen molar-refractivity contribution in [3.8, 4) is 0 Å². The molecule has 8 nitrogen and oxygen atoms in total. The number of benzene rings is 3. The van der Waals surface area contributed by atoms with E-state index in [1.54, 1.807) is 18.5 Å². The monoisotopic (exact) mass is 553 g/mol. The molecule has 1 aromatic heterocycles. The average molecular weight is 554 g/mol. The minimum atomic E-state index is -0.994. The van der Waals surface area contributed by atoms with Crippen molar-refractivity contribution >= 4 is 12.2 Å². The van der Waals surface area contributed by atoms with Gasteiger partial charge in [0.15, 0.2) is 0 Å². The molecule has 8 heteroatoms. The highest BCUT2D eigenvalue weighted by atomic mass is 16.6. The molecule has 3 N–H and O–H groups in total. The van der Waals surface area contributed by atoms with E-state index in [-0.39, 0.29) is 19.6 Å². The van der Waals surface area contributed by atoms with E-state index in [2.05, 4.69) is 15.6 Å². The number of aromatic nitrogens is 1. The number of pyridine rings is 1. The number of ether oxygens (including phenoxy) is 2. The molecule has 4 aromatic rings. The number of carbonyl (C=O) groups is 2. The number of aliphatic hydroxyl groups is 1. The van der Waals surface area contributed by atoms with Gasteiger partial charge in [-0.05, 0) is 42.0 Å². The smallest absolute Gasteiger partial charge is 0.407 e. The van der Waals surface area contributed by atoms with Crippen molar-refractivity contribution in [2.75, 3.05) is 0 Å². The largest absolute Gasteiger partial charge is 0.445 e. The zero-order valence-electron chi connectivity index (χ0n) is 22.8. The van der Waals surface area contributed by atoms with E-state index in [0.717, 1.165) is 22.3 Å². The molecule has 0 bridgehead atoms. The molecule has 0 aliphatic heterocycles. The molecule has 41 heavy (non-hydrogen) atoms. The third-order valence-corrected chi connectivity index (χ3v) is 6.54. The Hall–Kier alpha value is -4.69. The molecule has 2 amide bonds. The van der Waals surface area contributed by atoms with E-state index >= 15 is 0 Å². The van der Waals surface area contributed by atoms with E-state index in [9.17, 15) is 14.7 Å². The maximum Gasteiger partial charge on any atom is 0.407 e. The Kier molecular flexibility index (Phi) is 11.3. The van der Waals surface area contributed by atoms with Crippen molar-refractivity contribution in [1.29, 1.82) is 0 Å². The molecule has 3 atom stereocenters. The number of alkyl carbamates (subject to hydrolysis) is 2. The summed E-state index contributed by atoms with van der Waals surface area (Å²) < 4.78 is 10.8. The van der Waals surface area contributed by atoms with Crippen LogP contribution in [0.5, 0.6) is 0 Å². The molecule has 0 fully saturated rings. The molecule has 0 aliphatic rings. The van der Waals surface area contributed by atoms with Crippen LogP contribution in [-0.2, 0) is 35.5 Å². The van der Waals surface area contributed by atoms with Crippen LogP contribution < -0.4 is 10.6 Å². The molecule has 0 saturated carbocycles. The summed E-state index contributed by atoms with van der Waals surface area (Å²) in [7, 11) is 0. The van der Waals surface area contributed by atoms with Gasteiger partial charge in [0.2, 0.25) is 0 Å². The Bertz CT molecular complexity index is 1320. The predicted molar refractivity (Wildman–Crippen MR) is 156 cm³/mol. The molecule has 212 valence electrons. The second-order valence-corrected chi connectivity index (χ2v) is 9.77. The van der Waals surface area contributed by atoms with Gasteiger partial charge in [-0.15, -0.1) is 0 Å². The fourth-order valence-electron chi connectivity index (χ4n) is 4.46. The molecule has 4 rings (SSSR count). The van der Waals surface area contributed by atoms with Crippen molar-refractivity contribution in [3.63, 3.8) is 0 Å². The first-order valence-electron chi connectivity index (χ1n) is 13.6. The predicted octanol–water partition coefficient (Wildman–Crippen LogP) is 5.21. The van der Waals surface area contributed by atoms with Crippen molar-refractivity contribution in [2.45, 2.75) is 50.7 Å². The summed E-state index contributed by atoms with van der Waals surface area (Å²) in [6.07, 6.45) is 2.09. The van der Waals surface area contributed by atoms with Gasteiger partial charge >= 0.3 is 12.2 Å². The number of rotatable bonds is 13. The number of hydrogen-bond acceptors (Lipinski definition) is 6. The maximum atomic E-state index is 12.8. The van der Waals surface area contributed by atoms with Crippen LogP contribution in [0.15, 0.2) is 116 Å². The molecule has 0 aliphatic carbocycles. The van der Waals surface area contributed by atoms with Crippen LogP contribution >= 0.6 is 0 Å². The van der Waals surface area contributed by atoms with E-state index < -0.39 is 30.4 Å². The van der Waals surface area contributed by atoms with E-state index in [1.165, 1.54) is 0 Å². The first-order chi connectivity index (χ1) is 20.0. The van der Waals surface area contributed by atoms with Gasteiger partial charge < -0.3 is 25.2 Å². The molecular formula is C33H35N3O5. The number of nitrogens with one attached hydrogen (secondary N) is 2. The number of amides is 2. The van der Waals surface area contributed by atoms with Crippen LogP contribution in [0.1, 0.15) is 28.7 Å². The minimum Gasteiger partial charge on any atom is -0.445 e. The Morgan fingerprint density at radius 3 is 1.76 bits per heavy atom. The van der Waals surface area contributed by atoms with Crippen LogP contribution in [-0.4, -0.2) is 40.5 Å². The van der Waals surface area contributed by atoms with Gasteiger partial charge in [-0.1, -0.05) is 97.1 Å². The van der Waals surface area contributed by atoms with Crippen molar-refractivity contribution in [3.05, 3.63) is 138 Å². The van der Waals surface area contributed by atoms with Crippen LogP contribution in [0.2, 0.25) is 0 Å². The summed E-state index contributed by atoms with van der Waals surface area (Å²) >= 11 is 0.